The van der Waals surface area contributed by atoms with Crippen LogP contribution in [0.5, 0.6) is 5.75 Å². The molecule has 0 amide bonds. The molecule has 6 heteroatoms. The number of nitrogens with one attached hydrogen (secondary N) is 2. The maximum absolute atomic E-state index is 5.75. The lowest BCUT2D eigenvalue weighted by molar-refractivity contribution is 0.173. The summed E-state index contributed by atoms with van der Waals surface area (Å²) in [5, 5.41) is 6.93. The van der Waals surface area contributed by atoms with Crippen molar-refractivity contribution < 1.29 is 4.74 Å². The van der Waals surface area contributed by atoms with Crippen molar-refractivity contribution in [2.24, 2.45) is 4.99 Å². The second-order valence-electron chi connectivity index (χ2n) is 7.53. The summed E-state index contributed by atoms with van der Waals surface area (Å²) < 4.78 is 5.75. The number of hydrogen-bond donors (Lipinski definition) is 2. The highest BCUT2D eigenvalue weighted by Crippen LogP contribution is 2.32. The van der Waals surface area contributed by atoms with Crippen LogP contribution < -0.4 is 15.4 Å². The largest absolute Gasteiger partial charge is 0.493 e. The van der Waals surface area contributed by atoms with Crippen LogP contribution in [0.25, 0.3) is 0 Å². The molecular weight excluding hydrogens is 451 g/mol. The van der Waals surface area contributed by atoms with Crippen LogP contribution in [-0.4, -0.2) is 56.2 Å². The summed E-state index contributed by atoms with van der Waals surface area (Å²) in [6.07, 6.45) is 2.15. The van der Waals surface area contributed by atoms with Crippen molar-refractivity contribution in [2.45, 2.75) is 58.5 Å². The molecule has 0 saturated heterocycles. The fourth-order valence-electron chi connectivity index (χ4n) is 3.65. The number of aliphatic imine (C=N–C) groups is 1. The summed E-state index contributed by atoms with van der Waals surface area (Å²) in [5.41, 5.74) is 1.30. The molecule has 1 aliphatic rings. The lowest BCUT2D eigenvalue weighted by Gasteiger charge is -2.30. The van der Waals surface area contributed by atoms with Crippen LogP contribution in [-0.2, 0) is 0 Å². The molecule has 2 N–H and O–H groups in total. The fourth-order valence-corrected chi connectivity index (χ4v) is 3.65. The van der Waals surface area contributed by atoms with E-state index in [9.17, 15) is 0 Å². The first-order valence-corrected chi connectivity index (χ1v) is 9.95. The van der Waals surface area contributed by atoms with E-state index in [0.29, 0.717) is 18.0 Å². The van der Waals surface area contributed by atoms with Gasteiger partial charge >= 0.3 is 0 Å². The molecule has 5 nitrogen and oxygen atoms in total. The zero-order valence-electron chi connectivity index (χ0n) is 17.5. The minimum atomic E-state index is 0. The van der Waals surface area contributed by atoms with Gasteiger partial charge in [0.1, 0.15) is 5.75 Å². The van der Waals surface area contributed by atoms with Crippen LogP contribution in [0.1, 0.15) is 52.0 Å². The quantitative estimate of drug-likeness (QED) is 0.253. The predicted octanol–water partition coefficient (Wildman–Crippen LogP) is 3.84. The van der Waals surface area contributed by atoms with E-state index in [-0.39, 0.29) is 24.0 Å². The third-order valence-corrected chi connectivity index (χ3v) is 5.03. The lowest BCUT2D eigenvalue weighted by Crippen LogP contribution is -2.42. The van der Waals surface area contributed by atoms with Crippen molar-refractivity contribution in [3.63, 3.8) is 0 Å². The Morgan fingerprint density at radius 3 is 2.56 bits per heavy atom. The third kappa shape index (κ3) is 7.49. The molecular formula is C21H37IN4O. The van der Waals surface area contributed by atoms with E-state index in [1.165, 1.54) is 5.56 Å². The number of benzene rings is 1. The van der Waals surface area contributed by atoms with Crippen molar-refractivity contribution >= 4 is 29.9 Å². The number of guanidine groups is 1. The highest BCUT2D eigenvalue weighted by Gasteiger charge is 2.21. The van der Waals surface area contributed by atoms with E-state index in [4.69, 9.17) is 4.74 Å². The predicted molar refractivity (Wildman–Crippen MR) is 126 cm³/mol. The van der Waals surface area contributed by atoms with E-state index >= 15 is 0 Å². The van der Waals surface area contributed by atoms with E-state index in [2.05, 4.69) is 66.4 Å². The van der Waals surface area contributed by atoms with E-state index in [1.54, 1.807) is 0 Å². The standard InChI is InChI=1S/C21H36N4O.HI/c1-16(2)25(17(3)4)13-8-12-23-21(22-5)24-15-18-11-14-26-20-10-7-6-9-19(18)20;/h6-7,9-10,16-18H,8,11-15H2,1-5H3,(H2,22,23,24);1H. The minimum Gasteiger partial charge on any atom is -0.493 e. The first-order valence-electron chi connectivity index (χ1n) is 9.95. The fraction of sp³-hybridized carbons (Fsp3) is 0.667. The van der Waals surface area contributed by atoms with Gasteiger partial charge in [-0.25, -0.2) is 0 Å². The van der Waals surface area contributed by atoms with Crippen LogP contribution >= 0.6 is 24.0 Å². The lowest BCUT2D eigenvalue weighted by atomic mass is 9.93. The second kappa shape index (κ2) is 12.4. The second-order valence-corrected chi connectivity index (χ2v) is 7.53. The third-order valence-electron chi connectivity index (χ3n) is 5.03. The number of fused-ring (bicyclic) bond motifs is 1. The highest BCUT2D eigenvalue weighted by molar-refractivity contribution is 14.0. The molecule has 0 spiro atoms. The Morgan fingerprint density at radius 1 is 1.19 bits per heavy atom. The molecule has 1 unspecified atom stereocenters. The Kier molecular flexibility index (Phi) is 11.1. The maximum atomic E-state index is 5.75. The van der Waals surface area contributed by atoms with Gasteiger partial charge in [-0.2, -0.15) is 0 Å². The number of nitrogens with zero attached hydrogens (tertiary/aromatic N) is 2. The van der Waals surface area contributed by atoms with Gasteiger partial charge in [0.2, 0.25) is 0 Å². The number of ether oxygens (including phenoxy) is 1. The molecule has 27 heavy (non-hydrogen) atoms. The highest BCUT2D eigenvalue weighted by atomic mass is 127. The summed E-state index contributed by atoms with van der Waals surface area (Å²) in [6.45, 7) is 12.8. The summed E-state index contributed by atoms with van der Waals surface area (Å²) in [5.74, 6) is 2.38. The number of para-hydroxylation sites is 1. The van der Waals surface area contributed by atoms with Gasteiger partial charge in [0.05, 0.1) is 6.61 Å². The summed E-state index contributed by atoms with van der Waals surface area (Å²) in [6, 6.07) is 9.52. The van der Waals surface area contributed by atoms with Gasteiger partial charge in [-0.15, -0.1) is 24.0 Å². The van der Waals surface area contributed by atoms with Gasteiger partial charge in [-0.05, 0) is 52.2 Å². The molecule has 0 bridgehead atoms. The van der Waals surface area contributed by atoms with E-state index in [1.807, 2.05) is 13.1 Å². The maximum Gasteiger partial charge on any atom is 0.190 e. The summed E-state index contributed by atoms with van der Waals surface area (Å²) in [4.78, 5) is 6.89. The Hall–Kier alpha value is -1.02. The SMILES string of the molecule is CN=C(NCCCN(C(C)C)C(C)C)NCC1CCOc2ccccc21.I. The zero-order chi connectivity index (χ0) is 18.9. The van der Waals surface area contributed by atoms with Gasteiger partial charge < -0.3 is 15.4 Å². The number of rotatable bonds is 8. The van der Waals surface area contributed by atoms with Crippen LogP contribution in [0.2, 0.25) is 0 Å². The zero-order valence-corrected chi connectivity index (χ0v) is 19.8. The molecule has 2 rings (SSSR count). The smallest absolute Gasteiger partial charge is 0.190 e. The molecule has 1 heterocycles. The minimum absolute atomic E-state index is 0. The molecule has 1 aromatic carbocycles. The molecule has 0 radical (unpaired) electrons. The first-order chi connectivity index (χ1) is 12.5. The van der Waals surface area contributed by atoms with Gasteiger partial charge in [-0.3, -0.25) is 9.89 Å². The Balaban J connectivity index is 0.00000364. The van der Waals surface area contributed by atoms with Crippen molar-refractivity contribution in [3.05, 3.63) is 29.8 Å². The van der Waals surface area contributed by atoms with Crippen LogP contribution in [0.15, 0.2) is 29.3 Å². The number of hydrogen-bond acceptors (Lipinski definition) is 3. The van der Waals surface area contributed by atoms with Crippen LogP contribution in [0.3, 0.4) is 0 Å². The molecule has 1 aliphatic heterocycles. The Bertz CT molecular complexity index is 569. The van der Waals surface area contributed by atoms with Gasteiger partial charge in [0, 0.05) is 44.7 Å². The topological polar surface area (TPSA) is 48.9 Å². The van der Waals surface area contributed by atoms with Crippen molar-refractivity contribution in [1.29, 1.82) is 0 Å². The normalized spacial score (nSPS) is 16.7. The van der Waals surface area contributed by atoms with Gasteiger partial charge in [0.25, 0.3) is 0 Å². The average Bonchev–Trinajstić information content (AvgIpc) is 2.63. The summed E-state index contributed by atoms with van der Waals surface area (Å²) >= 11 is 0. The van der Waals surface area contributed by atoms with Crippen LogP contribution in [0.4, 0.5) is 0 Å². The van der Waals surface area contributed by atoms with Crippen molar-refractivity contribution in [1.82, 2.24) is 15.5 Å². The monoisotopic (exact) mass is 488 g/mol. The van der Waals surface area contributed by atoms with Crippen LogP contribution in [0, 0.1) is 0 Å². The molecule has 1 atom stereocenters. The molecule has 0 aromatic heterocycles. The van der Waals surface area contributed by atoms with Gasteiger partial charge in [-0.1, -0.05) is 18.2 Å². The molecule has 0 saturated carbocycles. The van der Waals surface area contributed by atoms with E-state index in [0.717, 1.165) is 50.8 Å². The molecule has 0 fully saturated rings. The van der Waals surface area contributed by atoms with Crippen molar-refractivity contribution in [2.75, 3.05) is 33.3 Å². The molecule has 1 aromatic rings. The Morgan fingerprint density at radius 2 is 1.89 bits per heavy atom. The molecule has 154 valence electrons. The van der Waals surface area contributed by atoms with Crippen molar-refractivity contribution in [3.8, 4) is 5.75 Å². The van der Waals surface area contributed by atoms with Gasteiger partial charge in [0.15, 0.2) is 5.96 Å². The Labute approximate surface area is 182 Å². The molecule has 0 aliphatic carbocycles. The van der Waals surface area contributed by atoms with E-state index < -0.39 is 0 Å². The average molecular weight is 488 g/mol. The number of halogens is 1. The summed E-state index contributed by atoms with van der Waals surface area (Å²) in [7, 11) is 1.84. The first kappa shape index (κ1) is 24.0.